The van der Waals surface area contributed by atoms with E-state index in [1.165, 1.54) is 4.90 Å². The highest BCUT2D eigenvalue weighted by molar-refractivity contribution is 7.71. The van der Waals surface area contributed by atoms with Gasteiger partial charge in [-0.15, -0.1) is 0 Å². The molecule has 1 heterocycles. The van der Waals surface area contributed by atoms with E-state index in [-0.39, 0.29) is 0 Å². The second-order valence-corrected chi connectivity index (χ2v) is 5.65. The van der Waals surface area contributed by atoms with Gasteiger partial charge in [0, 0.05) is 31.9 Å². The van der Waals surface area contributed by atoms with Crippen LogP contribution in [0, 0.1) is 11.7 Å². The van der Waals surface area contributed by atoms with E-state index >= 15 is 0 Å². The van der Waals surface area contributed by atoms with Crippen LogP contribution < -0.4 is 4.74 Å². The van der Waals surface area contributed by atoms with Crippen molar-refractivity contribution in [2.24, 2.45) is 0 Å². The van der Waals surface area contributed by atoms with Gasteiger partial charge in [-0.05, 0) is 32.0 Å². The third-order valence-corrected chi connectivity index (χ3v) is 3.53. The van der Waals surface area contributed by atoms with Gasteiger partial charge in [0.2, 0.25) is 10.7 Å². The van der Waals surface area contributed by atoms with E-state index < -0.39 is 6.09 Å². The SMILES string of the molecule is CCCCn1c(OC(=O)N(C)C)c(CCC)c(C)nc1=S. The molecular formula is C15H25N3O2S. The lowest BCUT2D eigenvalue weighted by Gasteiger charge is -2.20. The summed E-state index contributed by atoms with van der Waals surface area (Å²) in [5, 5.41) is 0. The van der Waals surface area contributed by atoms with Gasteiger partial charge in [-0.1, -0.05) is 26.7 Å². The first-order chi connectivity index (χ1) is 9.92. The molecule has 6 heteroatoms. The minimum absolute atomic E-state index is 0.391. The zero-order valence-electron chi connectivity index (χ0n) is 13.6. The number of hydrogen-bond donors (Lipinski definition) is 0. The van der Waals surface area contributed by atoms with E-state index in [9.17, 15) is 4.79 Å². The van der Waals surface area contributed by atoms with Gasteiger partial charge in [0.25, 0.3) is 0 Å². The molecule has 1 aromatic heterocycles. The van der Waals surface area contributed by atoms with Gasteiger partial charge in [-0.2, -0.15) is 0 Å². The van der Waals surface area contributed by atoms with E-state index in [1.807, 2.05) is 11.5 Å². The van der Waals surface area contributed by atoms with Gasteiger partial charge >= 0.3 is 6.09 Å². The van der Waals surface area contributed by atoms with Gasteiger partial charge in [0.05, 0.1) is 0 Å². The maximum Gasteiger partial charge on any atom is 0.415 e. The molecule has 1 rings (SSSR count). The van der Waals surface area contributed by atoms with Crippen molar-refractivity contribution in [3.63, 3.8) is 0 Å². The van der Waals surface area contributed by atoms with Crippen molar-refractivity contribution < 1.29 is 9.53 Å². The number of ether oxygens (including phenoxy) is 1. The fraction of sp³-hybridized carbons (Fsp3) is 0.667. The van der Waals surface area contributed by atoms with Crippen LogP contribution in [-0.4, -0.2) is 34.6 Å². The molecule has 0 saturated heterocycles. The maximum absolute atomic E-state index is 12.0. The number of carbonyl (C=O) groups is 1. The summed E-state index contributed by atoms with van der Waals surface area (Å²) in [6.07, 6.45) is 3.39. The molecule has 0 aromatic carbocycles. The number of nitrogens with zero attached hydrogens (tertiary/aromatic N) is 3. The molecule has 5 nitrogen and oxygen atoms in total. The second kappa shape index (κ2) is 8.12. The van der Waals surface area contributed by atoms with Crippen molar-refractivity contribution in [3.8, 4) is 5.88 Å². The Hall–Kier alpha value is -1.43. The first-order valence-electron chi connectivity index (χ1n) is 7.41. The zero-order valence-corrected chi connectivity index (χ0v) is 14.4. The summed E-state index contributed by atoms with van der Waals surface area (Å²) >= 11 is 5.35. The Labute approximate surface area is 131 Å². The minimum Gasteiger partial charge on any atom is -0.393 e. The summed E-state index contributed by atoms with van der Waals surface area (Å²) in [4.78, 5) is 17.8. The molecule has 0 atom stereocenters. The summed E-state index contributed by atoms with van der Waals surface area (Å²) in [5.41, 5.74) is 1.81. The lowest BCUT2D eigenvalue weighted by Crippen LogP contribution is -2.28. The third kappa shape index (κ3) is 4.52. The van der Waals surface area contributed by atoms with Crippen LogP contribution >= 0.6 is 12.2 Å². The fourth-order valence-corrected chi connectivity index (χ4v) is 2.33. The van der Waals surface area contributed by atoms with Crippen molar-refractivity contribution in [2.75, 3.05) is 14.1 Å². The van der Waals surface area contributed by atoms with Crippen molar-refractivity contribution in [1.29, 1.82) is 0 Å². The molecule has 0 bridgehead atoms. The molecule has 0 aliphatic heterocycles. The zero-order chi connectivity index (χ0) is 16.0. The first kappa shape index (κ1) is 17.6. The Morgan fingerprint density at radius 1 is 1.33 bits per heavy atom. The van der Waals surface area contributed by atoms with Crippen LogP contribution in [0.1, 0.15) is 44.4 Å². The fourth-order valence-electron chi connectivity index (χ4n) is 2.02. The highest BCUT2D eigenvalue weighted by Gasteiger charge is 2.18. The number of amides is 1. The molecule has 0 spiro atoms. The molecule has 0 saturated carbocycles. The van der Waals surface area contributed by atoms with Crippen LogP contribution in [0.25, 0.3) is 0 Å². The molecule has 1 amide bonds. The van der Waals surface area contributed by atoms with Crippen LogP contribution in [0.4, 0.5) is 4.79 Å². The Morgan fingerprint density at radius 3 is 2.52 bits per heavy atom. The molecule has 0 aliphatic rings. The van der Waals surface area contributed by atoms with E-state index in [4.69, 9.17) is 17.0 Å². The van der Waals surface area contributed by atoms with Crippen LogP contribution in [0.2, 0.25) is 0 Å². The summed E-state index contributed by atoms with van der Waals surface area (Å²) < 4.78 is 7.91. The van der Waals surface area contributed by atoms with Crippen LogP contribution in [0.5, 0.6) is 5.88 Å². The lowest BCUT2D eigenvalue weighted by molar-refractivity contribution is 0.166. The molecule has 0 unspecified atom stereocenters. The summed E-state index contributed by atoms with van der Waals surface area (Å²) in [7, 11) is 3.34. The number of unbranched alkanes of at least 4 members (excludes halogenated alkanes) is 1. The summed E-state index contributed by atoms with van der Waals surface area (Å²) in [6, 6.07) is 0. The highest BCUT2D eigenvalue weighted by atomic mass is 32.1. The standard InChI is InChI=1S/C15H25N3O2S/c1-6-8-10-18-13(20-15(19)17(4)5)12(9-7-2)11(3)16-14(18)21/h6-10H2,1-5H3. The van der Waals surface area contributed by atoms with Gasteiger partial charge in [0.15, 0.2) is 0 Å². The van der Waals surface area contributed by atoms with Gasteiger partial charge < -0.3 is 9.64 Å². The second-order valence-electron chi connectivity index (χ2n) is 5.28. The Bertz CT molecular complexity index is 553. The topological polar surface area (TPSA) is 47.4 Å². The first-order valence-corrected chi connectivity index (χ1v) is 7.82. The largest absolute Gasteiger partial charge is 0.415 e. The average molecular weight is 311 g/mol. The maximum atomic E-state index is 12.0. The van der Waals surface area contributed by atoms with E-state index in [0.717, 1.165) is 43.5 Å². The minimum atomic E-state index is -0.391. The van der Waals surface area contributed by atoms with E-state index in [1.54, 1.807) is 14.1 Å². The predicted octanol–water partition coefficient (Wildman–Crippen LogP) is 3.73. The molecule has 118 valence electrons. The number of rotatable bonds is 6. The normalized spacial score (nSPS) is 10.5. The quantitative estimate of drug-likeness (QED) is 0.751. The van der Waals surface area contributed by atoms with Crippen molar-refractivity contribution in [3.05, 3.63) is 16.0 Å². The summed E-state index contributed by atoms with van der Waals surface area (Å²) in [5.74, 6) is 0.557. The summed E-state index contributed by atoms with van der Waals surface area (Å²) in [6.45, 7) is 6.84. The molecule has 0 aliphatic carbocycles. The van der Waals surface area contributed by atoms with E-state index in [0.29, 0.717) is 10.7 Å². The Balaban J connectivity index is 3.35. The number of carbonyl (C=O) groups excluding carboxylic acids is 1. The number of aromatic nitrogens is 2. The van der Waals surface area contributed by atoms with Crippen LogP contribution in [0.15, 0.2) is 0 Å². The van der Waals surface area contributed by atoms with Gasteiger partial charge in [0.1, 0.15) is 0 Å². The average Bonchev–Trinajstić information content (AvgIpc) is 2.42. The highest BCUT2D eigenvalue weighted by Crippen LogP contribution is 2.24. The van der Waals surface area contributed by atoms with Crippen molar-refractivity contribution in [1.82, 2.24) is 14.5 Å². The molecule has 1 aromatic rings. The monoisotopic (exact) mass is 311 g/mol. The number of aryl methyl sites for hydroxylation is 1. The molecular weight excluding hydrogens is 286 g/mol. The molecule has 0 N–H and O–H groups in total. The van der Waals surface area contributed by atoms with Crippen molar-refractivity contribution >= 4 is 18.3 Å². The van der Waals surface area contributed by atoms with Gasteiger partial charge in [-0.25, -0.2) is 9.78 Å². The Kier molecular flexibility index (Phi) is 6.81. The number of hydrogen-bond acceptors (Lipinski definition) is 4. The molecule has 21 heavy (non-hydrogen) atoms. The molecule has 0 fully saturated rings. The van der Waals surface area contributed by atoms with Crippen LogP contribution in [-0.2, 0) is 13.0 Å². The molecule has 0 radical (unpaired) electrons. The third-order valence-electron chi connectivity index (χ3n) is 3.22. The predicted molar refractivity (Wildman–Crippen MR) is 86.4 cm³/mol. The van der Waals surface area contributed by atoms with E-state index in [2.05, 4.69) is 18.8 Å². The Morgan fingerprint density at radius 2 is 2.00 bits per heavy atom. The van der Waals surface area contributed by atoms with Gasteiger partial charge in [-0.3, -0.25) is 4.57 Å². The van der Waals surface area contributed by atoms with Crippen molar-refractivity contribution in [2.45, 2.75) is 53.0 Å². The lowest BCUT2D eigenvalue weighted by atomic mass is 10.1. The van der Waals surface area contributed by atoms with Crippen LogP contribution in [0.3, 0.4) is 0 Å². The smallest absolute Gasteiger partial charge is 0.393 e.